The molecule has 3 aromatic rings. The first-order valence-electron chi connectivity index (χ1n) is 9.09. The van der Waals surface area contributed by atoms with Gasteiger partial charge in [0.1, 0.15) is 11.3 Å². The Morgan fingerprint density at radius 2 is 1.71 bits per heavy atom. The molecule has 1 saturated carbocycles. The summed E-state index contributed by atoms with van der Waals surface area (Å²) in [6, 6.07) is 13.8. The summed E-state index contributed by atoms with van der Waals surface area (Å²) in [6.07, 6.45) is 4.73. The topological polar surface area (TPSA) is 30.2 Å². The lowest BCUT2D eigenvalue weighted by atomic mass is 9.76. The van der Waals surface area contributed by atoms with Crippen LogP contribution in [0.1, 0.15) is 51.2 Å². The fourth-order valence-corrected chi connectivity index (χ4v) is 4.17. The number of hydrogen-bond donors (Lipinski definition) is 0. The fraction of sp³-hybridized carbons (Fsp3) is 0.409. The van der Waals surface area contributed by atoms with Gasteiger partial charge in [-0.1, -0.05) is 44.2 Å². The minimum atomic E-state index is 0.0861. The second-order valence-corrected chi connectivity index (χ2v) is 7.53. The zero-order valence-corrected chi connectivity index (χ0v) is 14.4. The van der Waals surface area contributed by atoms with Crippen molar-refractivity contribution in [1.29, 1.82) is 0 Å². The predicted octanol–water partition coefficient (Wildman–Crippen LogP) is 5.88. The molecule has 24 heavy (non-hydrogen) atoms. The lowest BCUT2D eigenvalue weighted by Gasteiger charge is -2.30. The highest BCUT2D eigenvalue weighted by molar-refractivity contribution is 6.03. The molecule has 2 aromatic carbocycles. The molecule has 1 heterocycles. The molecule has 4 rings (SSSR count). The summed E-state index contributed by atoms with van der Waals surface area (Å²) in [5.41, 5.74) is 0.838. The highest BCUT2D eigenvalue weighted by Crippen LogP contribution is 2.39. The van der Waals surface area contributed by atoms with E-state index in [0.29, 0.717) is 11.3 Å². The van der Waals surface area contributed by atoms with E-state index >= 15 is 0 Å². The molecule has 0 unspecified atom stereocenters. The molecule has 2 heteroatoms. The molecule has 0 amide bonds. The summed E-state index contributed by atoms with van der Waals surface area (Å²) in [5.74, 6) is 2.83. The maximum absolute atomic E-state index is 12.6. The monoisotopic (exact) mass is 320 g/mol. The van der Waals surface area contributed by atoms with E-state index in [2.05, 4.69) is 19.9 Å². The lowest BCUT2D eigenvalue weighted by molar-refractivity contribution is 0.245. The molecule has 0 spiro atoms. The highest BCUT2D eigenvalue weighted by Gasteiger charge is 2.26. The summed E-state index contributed by atoms with van der Waals surface area (Å²) >= 11 is 0. The van der Waals surface area contributed by atoms with E-state index in [9.17, 15) is 4.79 Å². The van der Waals surface area contributed by atoms with E-state index < -0.39 is 0 Å². The Balaban J connectivity index is 1.77. The van der Waals surface area contributed by atoms with Gasteiger partial charge in [0.2, 0.25) is 0 Å². The van der Waals surface area contributed by atoms with Crippen LogP contribution in [0.5, 0.6) is 0 Å². The standard InChI is InChI=1S/C22H24O2/c1-14(2)15-7-9-17(10-8-15)21-13-20(23)19-12-11-16-5-3-4-6-18(16)22(19)24-21/h3-6,11-15,17H,7-10H2,1-2H3. The van der Waals surface area contributed by atoms with Crippen LogP contribution in [0.3, 0.4) is 0 Å². The molecule has 1 fully saturated rings. The third kappa shape index (κ3) is 2.64. The van der Waals surface area contributed by atoms with Crippen molar-refractivity contribution >= 4 is 21.7 Å². The first kappa shape index (κ1) is 15.4. The van der Waals surface area contributed by atoms with Crippen LogP contribution in [-0.4, -0.2) is 0 Å². The Morgan fingerprint density at radius 3 is 2.46 bits per heavy atom. The Kier molecular flexibility index (Phi) is 3.91. The third-order valence-corrected chi connectivity index (χ3v) is 5.76. The molecule has 0 bridgehead atoms. The van der Waals surface area contributed by atoms with Crippen molar-refractivity contribution < 1.29 is 4.42 Å². The first-order chi connectivity index (χ1) is 11.6. The Labute approximate surface area is 142 Å². The van der Waals surface area contributed by atoms with Gasteiger partial charge in [-0.2, -0.15) is 0 Å². The van der Waals surface area contributed by atoms with Gasteiger partial charge in [-0.15, -0.1) is 0 Å². The number of hydrogen-bond acceptors (Lipinski definition) is 2. The van der Waals surface area contributed by atoms with Crippen molar-refractivity contribution in [3.8, 4) is 0 Å². The van der Waals surface area contributed by atoms with Crippen molar-refractivity contribution in [3.63, 3.8) is 0 Å². The maximum atomic E-state index is 12.6. The van der Waals surface area contributed by atoms with Crippen LogP contribution < -0.4 is 5.43 Å². The molecule has 124 valence electrons. The van der Waals surface area contributed by atoms with Crippen LogP contribution in [0.4, 0.5) is 0 Å². The van der Waals surface area contributed by atoms with Gasteiger partial charge in [-0.05, 0) is 49.0 Å². The molecule has 0 saturated heterocycles. The minimum absolute atomic E-state index is 0.0861. The van der Waals surface area contributed by atoms with Crippen LogP contribution >= 0.6 is 0 Å². The minimum Gasteiger partial charge on any atom is -0.460 e. The average Bonchev–Trinajstić information content (AvgIpc) is 2.61. The Hall–Kier alpha value is -2.09. The molecule has 1 aromatic heterocycles. The summed E-state index contributed by atoms with van der Waals surface area (Å²) < 4.78 is 6.29. The lowest BCUT2D eigenvalue weighted by Crippen LogP contribution is -2.18. The Bertz CT molecular complexity index is 928. The van der Waals surface area contributed by atoms with E-state index in [0.717, 1.165) is 46.8 Å². The third-order valence-electron chi connectivity index (χ3n) is 5.76. The molecule has 0 aliphatic heterocycles. The predicted molar refractivity (Wildman–Crippen MR) is 99.5 cm³/mol. The normalized spacial score (nSPS) is 21.6. The number of rotatable bonds is 2. The van der Waals surface area contributed by atoms with Crippen molar-refractivity contribution in [2.75, 3.05) is 0 Å². The van der Waals surface area contributed by atoms with E-state index in [1.165, 1.54) is 12.8 Å². The maximum Gasteiger partial charge on any atom is 0.192 e. The first-order valence-corrected chi connectivity index (χ1v) is 9.09. The van der Waals surface area contributed by atoms with Crippen molar-refractivity contribution in [3.05, 3.63) is 58.4 Å². The molecule has 0 radical (unpaired) electrons. The summed E-state index contributed by atoms with van der Waals surface area (Å²) in [7, 11) is 0. The van der Waals surface area contributed by atoms with Gasteiger partial charge in [0.05, 0.1) is 5.39 Å². The number of fused-ring (bicyclic) bond motifs is 3. The smallest absolute Gasteiger partial charge is 0.192 e. The quantitative estimate of drug-likeness (QED) is 0.552. The average molecular weight is 320 g/mol. The van der Waals surface area contributed by atoms with Crippen molar-refractivity contribution in [1.82, 2.24) is 0 Å². The van der Waals surface area contributed by atoms with Gasteiger partial charge in [-0.25, -0.2) is 0 Å². The number of benzene rings is 2. The summed E-state index contributed by atoms with van der Waals surface area (Å²) in [4.78, 5) is 12.6. The second kappa shape index (κ2) is 6.08. The molecule has 0 atom stereocenters. The van der Waals surface area contributed by atoms with E-state index in [1.54, 1.807) is 6.07 Å². The van der Waals surface area contributed by atoms with Crippen LogP contribution in [0.15, 0.2) is 51.7 Å². The molecule has 2 nitrogen and oxygen atoms in total. The van der Waals surface area contributed by atoms with Crippen LogP contribution in [0.25, 0.3) is 21.7 Å². The van der Waals surface area contributed by atoms with Crippen molar-refractivity contribution in [2.45, 2.75) is 45.4 Å². The van der Waals surface area contributed by atoms with Gasteiger partial charge in [0.15, 0.2) is 5.43 Å². The second-order valence-electron chi connectivity index (χ2n) is 7.53. The van der Waals surface area contributed by atoms with E-state index in [1.807, 2.05) is 30.3 Å². The zero-order chi connectivity index (χ0) is 16.7. The van der Waals surface area contributed by atoms with Gasteiger partial charge >= 0.3 is 0 Å². The largest absolute Gasteiger partial charge is 0.460 e. The summed E-state index contributed by atoms with van der Waals surface area (Å²) in [6.45, 7) is 4.63. The van der Waals surface area contributed by atoms with Crippen LogP contribution in [0.2, 0.25) is 0 Å². The summed E-state index contributed by atoms with van der Waals surface area (Å²) in [5, 5.41) is 2.84. The molecule has 1 aliphatic carbocycles. The van der Waals surface area contributed by atoms with Gasteiger partial charge in [0, 0.05) is 17.4 Å². The van der Waals surface area contributed by atoms with Gasteiger partial charge < -0.3 is 4.42 Å². The van der Waals surface area contributed by atoms with Gasteiger partial charge in [0.25, 0.3) is 0 Å². The molecule has 1 aliphatic rings. The molecule has 0 N–H and O–H groups in total. The van der Waals surface area contributed by atoms with Crippen molar-refractivity contribution in [2.24, 2.45) is 11.8 Å². The van der Waals surface area contributed by atoms with E-state index in [4.69, 9.17) is 4.42 Å². The van der Waals surface area contributed by atoms with E-state index in [-0.39, 0.29) is 5.43 Å². The highest BCUT2D eigenvalue weighted by atomic mass is 16.3. The fourth-order valence-electron chi connectivity index (χ4n) is 4.17. The molecular weight excluding hydrogens is 296 g/mol. The zero-order valence-electron chi connectivity index (χ0n) is 14.4. The van der Waals surface area contributed by atoms with Crippen LogP contribution in [0, 0.1) is 11.8 Å². The SMILES string of the molecule is CC(C)C1CCC(c2cc(=O)c3ccc4ccccc4c3o2)CC1. The van der Waals surface area contributed by atoms with Crippen LogP contribution in [-0.2, 0) is 0 Å². The molecular formula is C22H24O2. The Morgan fingerprint density at radius 1 is 0.958 bits per heavy atom. The van der Waals surface area contributed by atoms with Gasteiger partial charge in [-0.3, -0.25) is 4.79 Å².